The van der Waals surface area contributed by atoms with Crippen molar-refractivity contribution in [3.05, 3.63) is 48.0 Å². The zero-order valence-electron chi connectivity index (χ0n) is 17.5. The standard InChI is InChI=1S/C21H26N4O4S2/c1-28-18-8-11-20(29-2)16(14-18)15-22-24-21(30)23-17-6-9-19(10-7-17)31(26,27)25-12-4-3-5-13-25/h6-11,14-15H,3-5,12-13H2,1-2H3,(H2,23,24,30)/b22-15+. The van der Waals surface area contributed by atoms with Crippen molar-refractivity contribution in [3.8, 4) is 11.5 Å². The molecule has 0 amide bonds. The Balaban J connectivity index is 1.59. The predicted octanol–water partition coefficient (Wildman–Crippen LogP) is 3.20. The van der Waals surface area contributed by atoms with E-state index in [1.165, 1.54) is 0 Å². The van der Waals surface area contributed by atoms with Gasteiger partial charge in [-0.25, -0.2) is 8.42 Å². The average molecular weight is 463 g/mol. The maximum Gasteiger partial charge on any atom is 0.243 e. The van der Waals surface area contributed by atoms with Crippen molar-refractivity contribution in [2.45, 2.75) is 24.2 Å². The van der Waals surface area contributed by atoms with Gasteiger partial charge >= 0.3 is 0 Å². The highest BCUT2D eigenvalue weighted by Crippen LogP contribution is 2.23. The third-order valence-electron chi connectivity index (χ3n) is 4.87. The number of hydrogen-bond acceptors (Lipinski definition) is 6. The maximum atomic E-state index is 12.7. The molecule has 0 bridgehead atoms. The fourth-order valence-electron chi connectivity index (χ4n) is 3.22. The molecule has 3 rings (SSSR count). The van der Waals surface area contributed by atoms with Gasteiger partial charge in [0.1, 0.15) is 11.5 Å². The fourth-order valence-corrected chi connectivity index (χ4v) is 4.91. The molecule has 1 heterocycles. The first-order chi connectivity index (χ1) is 14.9. The molecule has 0 atom stereocenters. The molecule has 0 aromatic heterocycles. The van der Waals surface area contributed by atoms with Gasteiger partial charge in [-0.3, -0.25) is 5.43 Å². The van der Waals surface area contributed by atoms with Gasteiger partial charge in [-0.1, -0.05) is 6.42 Å². The molecule has 2 N–H and O–H groups in total. The lowest BCUT2D eigenvalue weighted by Crippen LogP contribution is -2.35. The van der Waals surface area contributed by atoms with E-state index in [-0.39, 0.29) is 10.0 Å². The van der Waals surface area contributed by atoms with E-state index in [2.05, 4.69) is 15.8 Å². The van der Waals surface area contributed by atoms with Crippen molar-refractivity contribution in [1.29, 1.82) is 0 Å². The normalized spacial score (nSPS) is 14.9. The van der Waals surface area contributed by atoms with Crippen molar-refractivity contribution >= 4 is 39.3 Å². The van der Waals surface area contributed by atoms with Crippen molar-refractivity contribution in [2.24, 2.45) is 5.10 Å². The Morgan fingerprint density at radius 2 is 1.77 bits per heavy atom. The Kier molecular flexibility index (Phi) is 7.83. The number of hydrogen-bond donors (Lipinski definition) is 2. The van der Waals surface area contributed by atoms with Crippen LogP contribution in [-0.2, 0) is 10.0 Å². The van der Waals surface area contributed by atoms with Gasteiger partial charge in [0.25, 0.3) is 0 Å². The topological polar surface area (TPSA) is 92.3 Å². The second-order valence-corrected chi connectivity index (χ2v) is 9.27. The molecule has 0 unspecified atom stereocenters. The molecule has 0 saturated carbocycles. The zero-order valence-corrected chi connectivity index (χ0v) is 19.1. The Morgan fingerprint density at radius 1 is 1.06 bits per heavy atom. The number of benzene rings is 2. The monoisotopic (exact) mass is 462 g/mol. The molecule has 1 fully saturated rings. The second-order valence-electron chi connectivity index (χ2n) is 6.92. The van der Waals surface area contributed by atoms with E-state index in [9.17, 15) is 8.42 Å². The Labute approximate surface area is 188 Å². The van der Waals surface area contributed by atoms with Crippen LogP contribution < -0.4 is 20.2 Å². The summed E-state index contributed by atoms with van der Waals surface area (Å²) in [6.45, 7) is 1.15. The summed E-state index contributed by atoms with van der Waals surface area (Å²) < 4.78 is 37.5. The van der Waals surface area contributed by atoms with Gasteiger partial charge in [0.2, 0.25) is 10.0 Å². The lowest BCUT2D eigenvalue weighted by atomic mass is 10.2. The van der Waals surface area contributed by atoms with E-state index in [1.54, 1.807) is 67.2 Å². The summed E-state index contributed by atoms with van der Waals surface area (Å²) >= 11 is 5.25. The van der Waals surface area contributed by atoms with Crippen LogP contribution in [0.2, 0.25) is 0 Å². The molecular weight excluding hydrogens is 436 g/mol. The van der Waals surface area contributed by atoms with Gasteiger partial charge < -0.3 is 14.8 Å². The zero-order chi connectivity index (χ0) is 22.3. The number of nitrogens with zero attached hydrogens (tertiary/aromatic N) is 2. The largest absolute Gasteiger partial charge is 0.497 e. The summed E-state index contributed by atoms with van der Waals surface area (Å²) in [5.74, 6) is 1.33. The van der Waals surface area contributed by atoms with E-state index in [0.29, 0.717) is 30.3 Å². The van der Waals surface area contributed by atoms with Crippen LogP contribution in [0.5, 0.6) is 11.5 Å². The predicted molar refractivity (Wildman–Crippen MR) is 126 cm³/mol. The van der Waals surface area contributed by atoms with Crippen LogP contribution in [0.4, 0.5) is 5.69 Å². The van der Waals surface area contributed by atoms with Crippen molar-refractivity contribution in [1.82, 2.24) is 9.73 Å². The molecule has 10 heteroatoms. The summed E-state index contributed by atoms with van der Waals surface area (Å²) in [5.41, 5.74) is 4.11. The van der Waals surface area contributed by atoms with Crippen LogP contribution in [0.15, 0.2) is 52.5 Å². The molecule has 0 radical (unpaired) electrons. The molecule has 0 aliphatic carbocycles. The van der Waals surface area contributed by atoms with E-state index in [4.69, 9.17) is 21.7 Å². The molecule has 2 aromatic rings. The number of methoxy groups -OCH3 is 2. The molecule has 1 aliphatic rings. The lowest BCUT2D eigenvalue weighted by Gasteiger charge is -2.25. The van der Waals surface area contributed by atoms with Gasteiger partial charge in [-0.15, -0.1) is 0 Å². The van der Waals surface area contributed by atoms with Crippen LogP contribution in [-0.4, -0.2) is 51.4 Å². The first-order valence-electron chi connectivity index (χ1n) is 9.86. The molecule has 8 nitrogen and oxygen atoms in total. The molecule has 31 heavy (non-hydrogen) atoms. The van der Waals surface area contributed by atoms with Crippen LogP contribution in [0, 0.1) is 0 Å². The molecule has 166 valence electrons. The number of sulfonamides is 1. The quantitative estimate of drug-likeness (QED) is 0.371. The van der Waals surface area contributed by atoms with Gasteiger partial charge in [0.15, 0.2) is 5.11 Å². The SMILES string of the molecule is COc1ccc(OC)c(/C=N/NC(=S)Nc2ccc(S(=O)(=O)N3CCCCC3)cc2)c1. The van der Waals surface area contributed by atoms with E-state index < -0.39 is 10.0 Å². The molecule has 1 aliphatic heterocycles. The minimum atomic E-state index is -3.45. The third kappa shape index (κ3) is 5.93. The number of rotatable bonds is 7. The van der Waals surface area contributed by atoms with E-state index >= 15 is 0 Å². The smallest absolute Gasteiger partial charge is 0.243 e. The first-order valence-corrected chi connectivity index (χ1v) is 11.7. The lowest BCUT2D eigenvalue weighted by molar-refractivity contribution is 0.346. The Morgan fingerprint density at radius 3 is 2.42 bits per heavy atom. The first kappa shape index (κ1) is 23.0. The highest BCUT2D eigenvalue weighted by Gasteiger charge is 2.25. The van der Waals surface area contributed by atoms with Crippen LogP contribution in [0.25, 0.3) is 0 Å². The summed E-state index contributed by atoms with van der Waals surface area (Å²) in [5, 5.41) is 7.37. The average Bonchev–Trinajstić information content (AvgIpc) is 2.80. The number of piperidine rings is 1. The van der Waals surface area contributed by atoms with E-state index in [0.717, 1.165) is 24.8 Å². The summed E-state index contributed by atoms with van der Waals surface area (Å²) in [6.07, 6.45) is 4.46. The highest BCUT2D eigenvalue weighted by molar-refractivity contribution is 7.89. The van der Waals surface area contributed by atoms with E-state index in [1.807, 2.05) is 0 Å². The van der Waals surface area contributed by atoms with Gasteiger partial charge in [0.05, 0.1) is 25.3 Å². The molecule has 2 aromatic carbocycles. The Bertz CT molecular complexity index is 1030. The maximum absolute atomic E-state index is 12.7. The van der Waals surface area contributed by atoms with Gasteiger partial charge in [0, 0.05) is 24.3 Å². The van der Waals surface area contributed by atoms with Crippen LogP contribution in [0.1, 0.15) is 24.8 Å². The summed E-state index contributed by atoms with van der Waals surface area (Å²) in [6, 6.07) is 11.9. The fraction of sp³-hybridized carbons (Fsp3) is 0.333. The van der Waals surface area contributed by atoms with Gasteiger partial charge in [-0.2, -0.15) is 9.41 Å². The number of ether oxygens (including phenoxy) is 2. The summed E-state index contributed by atoms with van der Waals surface area (Å²) in [7, 11) is -0.289. The van der Waals surface area contributed by atoms with Gasteiger partial charge in [-0.05, 0) is 67.5 Å². The molecular formula is C21H26N4O4S2. The number of anilines is 1. The summed E-state index contributed by atoms with van der Waals surface area (Å²) in [4.78, 5) is 0.280. The minimum Gasteiger partial charge on any atom is -0.497 e. The third-order valence-corrected chi connectivity index (χ3v) is 6.98. The van der Waals surface area contributed by atoms with Crippen LogP contribution >= 0.6 is 12.2 Å². The van der Waals surface area contributed by atoms with Crippen molar-refractivity contribution < 1.29 is 17.9 Å². The number of thiocarbonyl (C=S) groups is 1. The second kappa shape index (κ2) is 10.6. The minimum absolute atomic E-state index is 0.268. The number of nitrogens with one attached hydrogen (secondary N) is 2. The molecule has 0 spiro atoms. The van der Waals surface area contributed by atoms with Crippen LogP contribution in [0.3, 0.4) is 0 Å². The molecule has 1 saturated heterocycles. The van der Waals surface area contributed by atoms with Crippen molar-refractivity contribution in [2.75, 3.05) is 32.6 Å². The number of hydrazone groups is 1. The van der Waals surface area contributed by atoms with Crippen molar-refractivity contribution in [3.63, 3.8) is 0 Å². The highest BCUT2D eigenvalue weighted by atomic mass is 32.2. The Hall–Kier alpha value is -2.69.